The maximum absolute atomic E-state index is 11.6. The second-order valence-corrected chi connectivity index (χ2v) is 4.39. The summed E-state index contributed by atoms with van der Waals surface area (Å²) in [5.74, 6) is -0.561. The first-order valence-electron chi connectivity index (χ1n) is 5.22. The van der Waals surface area contributed by atoms with Gasteiger partial charge < -0.3 is 9.15 Å². The quantitative estimate of drug-likeness (QED) is 0.489. The van der Waals surface area contributed by atoms with Crippen LogP contribution in [-0.4, -0.2) is 10.9 Å². The maximum Gasteiger partial charge on any atom is 0.374 e. The summed E-state index contributed by atoms with van der Waals surface area (Å²) in [6.07, 6.45) is 0. The molecule has 0 fully saturated rings. The van der Waals surface area contributed by atoms with E-state index < -0.39 is 10.9 Å². The van der Waals surface area contributed by atoms with Crippen molar-refractivity contribution in [3.63, 3.8) is 0 Å². The van der Waals surface area contributed by atoms with E-state index in [-0.39, 0.29) is 18.1 Å². The summed E-state index contributed by atoms with van der Waals surface area (Å²) in [5.41, 5.74) is 0.488. The van der Waals surface area contributed by atoms with Crippen molar-refractivity contribution in [1.29, 1.82) is 0 Å². The highest BCUT2D eigenvalue weighted by Crippen LogP contribution is 2.17. The Bertz CT molecular complexity index is 622. The number of carbonyl (C=O) groups is 1. The highest BCUT2D eigenvalue weighted by atomic mass is 79.9. The summed E-state index contributed by atoms with van der Waals surface area (Å²) >= 11 is 3.07. The Morgan fingerprint density at radius 1 is 1.37 bits per heavy atom. The molecule has 0 radical (unpaired) electrons. The Morgan fingerprint density at radius 3 is 2.79 bits per heavy atom. The molecule has 0 saturated heterocycles. The second kappa shape index (κ2) is 5.66. The van der Waals surface area contributed by atoms with E-state index in [9.17, 15) is 14.9 Å². The Hall–Kier alpha value is -2.15. The molecular weight excluding hydrogens is 318 g/mol. The Labute approximate surface area is 116 Å². The first kappa shape index (κ1) is 13.3. The van der Waals surface area contributed by atoms with Crippen LogP contribution in [0.2, 0.25) is 0 Å². The number of hydrogen-bond donors (Lipinski definition) is 0. The zero-order valence-electron chi connectivity index (χ0n) is 9.54. The molecule has 0 amide bonds. The van der Waals surface area contributed by atoms with Crippen molar-refractivity contribution >= 4 is 27.6 Å². The fourth-order valence-corrected chi connectivity index (χ4v) is 1.71. The fourth-order valence-electron chi connectivity index (χ4n) is 1.40. The van der Waals surface area contributed by atoms with Crippen LogP contribution in [0.4, 0.5) is 5.69 Å². The van der Waals surface area contributed by atoms with E-state index in [2.05, 4.69) is 15.9 Å². The standard InChI is InChI=1S/C12H8BrNO5/c13-11-5-4-10(19-11)12(15)18-7-8-2-1-3-9(6-8)14(16)17/h1-6H,7H2. The van der Waals surface area contributed by atoms with Crippen LogP contribution >= 0.6 is 15.9 Å². The monoisotopic (exact) mass is 325 g/mol. The lowest BCUT2D eigenvalue weighted by Crippen LogP contribution is -2.04. The number of benzene rings is 1. The number of non-ortho nitro benzene ring substituents is 1. The first-order valence-corrected chi connectivity index (χ1v) is 6.01. The largest absolute Gasteiger partial charge is 0.455 e. The number of nitrogens with zero attached hydrogens (tertiary/aromatic N) is 1. The van der Waals surface area contributed by atoms with Gasteiger partial charge in [0.15, 0.2) is 4.67 Å². The Kier molecular flexibility index (Phi) is 3.96. The van der Waals surface area contributed by atoms with E-state index in [1.165, 1.54) is 24.3 Å². The molecule has 6 nitrogen and oxygen atoms in total. The molecule has 98 valence electrons. The van der Waals surface area contributed by atoms with Crippen molar-refractivity contribution in [2.75, 3.05) is 0 Å². The number of rotatable bonds is 4. The minimum absolute atomic E-state index is 0.0470. The molecule has 0 unspecified atom stereocenters. The van der Waals surface area contributed by atoms with Crippen molar-refractivity contribution in [3.05, 3.63) is 62.5 Å². The molecule has 7 heteroatoms. The van der Waals surface area contributed by atoms with E-state index in [1.807, 2.05) is 0 Å². The van der Waals surface area contributed by atoms with Crippen LogP contribution in [0.1, 0.15) is 16.1 Å². The molecule has 2 aromatic rings. The van der Waals surface area contributed by atoms with Gasteiger partial charge in [-0.15, -0.1) is 0 Å². The summed E-state index contributed by atoms with van der Waals surface area (Å²) in [5, 5.41) is 10.6. The molecular formula is C12H8BrNO5. The van der Waals surface area contributed by atoms with Gasteiger partial charge in [0.2, 0.25) is 5.76 Å². The summed E-state index contributed by atoms with van der Waals surface area (Å²) < 4.78 is 10.4. The SMILES string of the molecule is O=C(OCc1cccc([N+](=O)[O-])c1)c1ccc(Br)o1. The van der Waals surface area contributed by atoms with E-state index in [4.69, 9.17) is 9.15 Å². The van der Waals surface area contributed by atoms with Gasteiger partial charge in [-0.25, -0.2) is 4.79 Å². The fraction of sp³-hybridized carbons (Fsp3) is 0.0833. The summed E-state index contributed by atoms with van der Waals surface area (Å²) in [7, 11) is 0. The molecule has 0 spiro atoms. The zero-order valence-corrected chi connectivity index (χ0v) is 11.1. The molecule has 0 aliphatic heterocycles. The lowest BCUT2D eigenvalue weighted by atomic mass is 10.2. The zero-order chi connectivity index (χ0) is 13.8. The van der Waals surface area contributed by atoms with Gasteiger partial charge in [-0.2, -0.15) is 0 Å². The van der Waals surface area contributed by atoms with Crippen LogP contribution < -0.4 is 0 Å². The smallest absolute Gasteiger partial charge is 0.374 e. The number of nitro benzene ring substituents is 1. The van der Waals surface area contributed by atoms with Crippen LogP contribution in [0.3, 0.4) is 0 Å². The third-order valence-corrected chi connectivity index (χ3v) is 2.69. The normalized spacial score (nSPS) is 10.2. The van der Waals surface area contributed by atoms with Gasteiger partial charge in [0, 0.05) is 12.1 Å². The number of furan rings is 1. The van der Waals surface area contributed by atoms with Crippen LogP contribution in [0.15, 0.2) is 45.5 Å². The van der Waals surface area contributed by atoms with Gasteiger partial charge in [0.1, 0.15) is 6.61 Å². The van der Waals surface area contributed by atoms with Crippen molar-refractivity contribution in [3.8, 4) is 0 Å². The minimum atomic E-state index is -0.628. The third-order valence-electron chi connectivity index (χ3n) is 2.27. The molecule has 19 heavy (non-hydrogen) atoms. The second-order valence-electron chi connectivity index (χ2n) is 3.61. The molecule has 1 aromatic heterocycles. The van der Waals surface area contributed by atoms with E-state index >= 15 is 0 Å². The highest BCUT2D eigenvalue weighted by Gasteiger charge is 2.13. The van der Waals surface area contributed by atoms with Crippen LogP contribution in [0, 0.1) is 10.1 Å². The van der Waals surface area contributed by atoms with Gasteiger partial charge in [-0.05, 0) is 33.6 Å². The number of carbonyl (C=O) groups excluding carboxylic acids is 1. The lowest BCUT2D eigenvalue weighted by Gasteiger charge is -2.02. The lowest BCUT2D eigenvalue weighted by molar-refractivity contribution is -0.384. The van der Waals surface area contributed by atoms with Crippen molar-refractivity contribution in [1.82, 2.24) is 0 Å². The van der Waals surface area contributed by atoms with Crippen molar-refractivity contribution in [2.24, 2.45) is 0 Å². The average molecular weight is 326 g/mol. The average Bonchev–Trinajstić information content (AvgIpc) is 2.83. The predicted octanol–water partition coefficient (Wildman–Crippen LogP) is 3.31. The predicted molar refractivity (Wildman–Crippen MR) is 68.6 cm³/mol. The van der Waals surface area contributed by atoms with Crippen molar-refractivity contribution in [2.45, 2.75) is 6.61 Å². The first-order chi connectivity index (χ1) is 9.06. The number of hydrogen-bond acceptors (Lipinski definition) is 5. The molecule has 0 aliphatic carbocycles. The molecule has 0 saturated carbocycles. The van der Waals surface area contributed by atoms with Crippen LogP contribution in [0.5, 0.6) is 0 Å². The van der Waals surface area contributed by atoms with Gasteiger partial charge >= 0.3 is 5.97 Å². The van der Waals surface area contributed by atoms with E-state index in [1.54, 1.807) is 12.1 Å². The minimum Gasteiger partial charge on any atom is -0.455 e. The molecule has 1 heterocycles. The van der Waals surface area contributed by atoms with Gasteiger partial charge in [-0.3, -0.25) is 10.1 Å². The number of halogens is 1. The Balaban J connectivity index is 2.01. The van der Waals surface area contributed by atoms with E-state index in [0.717, 1.165) is 0 Å². The number of nitro groups is 1. The topological polar surface area (TPSA) is 82.6 Å². The molecule has 0 bridgehead atoms. The van der Waals surface area contributed by atoms with Crippen molar-refractivity contribution < 1.29 is 18.9 Å². The molecule has 2 rings (SSSR count). The molecule has 0 atom stereocenters. The van der Waals surface area contributed by atoms with E-state index in [0.29, 0.717) is 10.2 Å². The molecule has 0 N–H and O–H groups in total. The summed E-state index contributed by atoms with van der Waals surface area (Å²) in [6.45, 7) is -0.0567. The molecule has 1 aromatic carbocycles. The molecule has 0 aliphatic rings. The Morgan fingerprint density at radius 2 is 2.16 bits per heavy atom. The van der Waals surface area contributed by atoms with Crippen LogP contribution in [-0.2, 0) is 11.3 Å². The van der Waals surface area contributed by atoms with Crippen LogP contribution in [0.25, 0.3) is 0 Å². The van der Waals surface area contributed by atoms with Gasteiger partial charge in [0.25, 0.3) is 5.69 Å². The summed E-state index contributed by atoms with van der Waals surface area (Å²) in [4.78, 5) is 21.7. The number of ether oxygens (including phenoxy) is 1. The number of esters is 1. The van der Waals surface area contributed by atoms with Gasteiger partial charge in [-0.1, -0.05) is 12.1 Å². The third kappa shape index (κ3) is 3.41. The highest BCUT2D eigenvalue weighted by molar-refractivity contribution is 9.10. The summed E-state index contributed by atoms with van der Waals surface area (Å²) in [6, 6.07) is 8.94. The van der Waals surface area contributed by atoms with Gasteiger partial charge in [0.05, 0.1) is 4.92 Å². The maximum atomic E-state index is 11.6.